The monoisotopic (exact) mass is 299 g/mol. The molecule has 1 aromatic carbocycles. The molecular weight excluding hydrogens is 282 g/mol. The number of carbonyl (C=O) groups excluding carboxylic acids is 1. The van der Waals surface area contributed by atoms with Crippen LogP contribution in [0.25, 0.3) is 0 Å². The van der Waals surface area contributed by atoms with Crippen LogP contribution in [0.3, 0.4) is 0 Å². The normalized spacial score (nSPS) is 19.7. The van der Waals surface area contributed by atoms with Crippen LogP contribution in [0.15, 0.2) is 46.0 Å². The van der Waals surface area contributed by atoms with Crippen LogP contribution in [-0.4, -0.2) is 15.0 Å². The van der Waals surface area contributed by atoms with E-state index in [9.17, 15) is 14.4 Å². The molecule has 0 spiro atoms. The average Bonchev–Trinajstić information content (AvgIpc) is 3.32. The van der Waals surface area contributed by atoms with Crippen molar-refractivity contribution in [1.29, 1.82) is 0 Å². The Labute approximate surface area is 127 Å². The van der Waals surface area contributed by atoms with Crippen LogP contribution in [0.1, 0.15) is 17.9 Å². The Morgan fingerprint density at radius 1 is 1.14 bits per heavy atom. The highest BCUT2D eigenvalue weighted by atomic mass is 16.2. The van der Waals surface area contributed by atoms with Gasteiger partial charge in [0, 0.05) is 26.1 Å². The van der Waals surface area contributed by atoms with Crippen molar-refractivity contribution in [2.45, 2.75) is 12.3 Å². The third-order valence-electron chi connectivity index (χ3n) is 4.13. The third kappa shape index (κ3) is 2.47. The van der Waals surface area contributed by atoms with Crippen molar-refractivity contribution in [3.63, 3.8) is 0 Å². The Morgan fingerprint density at radius 3 is 2.50 bits per heavy atom. The number of nitrogens with one attached hydrogen (secondary N) is 1. The van der Waals surface area contributed by atoms with Crippen LogP contribution >= 0.6 is 0 Å². The topological polar surface area (TPSA) is 73.1 Å². The lowest BCUT2D eigenvalue weighted by molar-refractivity contribution is -0.117. The molecule has 114 valence electrons. The molecule has 1 aliphatic carbocycles. The second-order valence-corrected chi connectivity index (χ2v) is 5.62. The first-order valence-corrected chi connectivity index (χ1v) is 7.12. The summed E-state index contributed by atoms with van der Waals surface area (Å²) < 4.78 is 2.26. The zero-order valence-corrected chi connectivity index (χ0v) is 12.4. The van der Waals surface area contributed by atoms with Gasteiger partial charge in [0.15, 0.2) is 0 Å². The number of amides is 1. The molecule has 22 heavy (non-hydrogen) atoms. The van der Waals surface area contributed by atoms with E-state index in [4.69, 9.17) is 0 Å². The van der Waals surface area contributed by atoms with E-state index < -0.39 is 11.2 Å². The molecule has 1 aliphatic rings. The van der Waals surface area contributed by atoms with Crippen LogP contribution in [0.4, 0.5) is 5.82 Å². The van der Waals surface area contributed by atoms with E-state index in [-0.39, 0.29) is 23.6 Å². The van der Waals surface area contributed by atoms with Crippen LogP contribution in [0, 0.1) is 5.92 Å². The number of hydrogen-bond acceptors (Lipinski definition) is 3. The van der Waals surface area contributed by atoms with Gasteiger partial charge in [0.25, 0.3) is 5.56 Å². The molecule has 1 aromatic heterocycles. The lowest BCUT2D eigenvalue weighted by atomic mass is 10.1. The highest BCUT2D eigenvalue weighted by Gasteiger charge is 2.44. The highest BCUT2D eigenvalue weighted by Crippen LogP contribution is 2.47. The highest BCUT2D eigenvalue weighted by molar-refractivity contribution is 5.94. The number of hydrogen-bond donors (Lipinski definition) is 1. The van der Waals surface area contributed by atoms with Gasteiger partial charge in [-0.25, -0.2) is 4.79 Å². The second kappa shape index (κ2) is 5.29. The summed E-state index contributed by atoms with van der Waals surface area (Å²) in [5, 5.41) is 2.69. The SMILES string of the molecule is Cn1c(NC(=O)[C@H]2C[C@H]2c2ccccc2)cc(=O)n(C)c1=O. The van der Waals surface area contributed by atoms with E-state index in [1.165, 1.54) is 24.7 Å². The van der Waals surface area contributed by atoms with Crippen molar-refractivity contribution in [3.05, 3.63) is 62.8 Å². The number of nitrogens with zero attached hydrogens (tertiary/aromatic N) is 2. The molecule has 1 heterocycles. The van der Waals surface area contributed by atoms with Gasteiger partial charge < -0.3 is 5.32 Å². The summed E-state index contributed by atoms with van der Waals surface area (Å²) >= 11 is 0. The summed E-state index contributed by atoms with van der Waals surface area (Å²) in [6.45, 7) is 0. The summed E-state index contributed by atoms with van der Waals surface area (Å²) in [4.78, 5) is 35.8. The summed E-state index contributed by atoms with van der Waals surface area (Å²) in [5.74, 6) is 0.181. The summed E-state index contributed by atoms with van der Waals surface area (Å²) in [5.41, 5.74) is 0.243. The van der Waals surface area contributed by atoms with E-state index in [0.29, 0.717) is 0 Å². The lowest BCUT2D eigenvalue weighted by Crippen LogP contribution is -2.38. The predicted octanol–water partition coefficient (Wildman–Crippen LogP) is 0.826. The van der Waals surface area contributed by atoms with Gasteiger partial charge in [-0.1, -0.05) is 30.3 Å². The molecule has 2 atom stereocenters. The fourth-order valence-electron chi connectivity index (χ4n) is 2.63. The molecule has 3 rings (SSSR count). The van der Waals surface area contributed by atoms with E-state index >= 15 is 0 Å². The largest absolute Gasteiger partial charge is 0.332 e. The Balaban J connectivity index is 1.77. The van der Waals surface area contributed by atoms with E-state index in [1.807, 2.05) is 30.3 Å². The minimum Gasteiger partial charge on any atom is -0.312 e. The van der Waals surface area contributed by atoms with Gasteiger partial charge in [0.1, 0.15) is 5.82 Å². The van der Waals surface area contributed by atoms with Gasteiger partial charge in [0.05, 0.1) is 0 Å². The molecule has 2 aromatic rings. The summed E-state index contributed by atoms with van der Waals surface area (Å²) in [7, 11) is 2.93. The molecule has 1 fully saturated rings. The van der Waals surface area contributed by atoms with E-state index in [1.54, 1.807) is 0 Å². The van der Waals surface area contributed by atoms with Crippen molar-refractivity contribution >= 4 is 11.7 Å². The molecule has 1 N–H and O–H groups in total. The number of aromatic nitrogens is 2. The molecule has 0 saturated heterocycles. The number of anilines is 1. The molecule has 6 heteroatoms. The van der Waals surface area contributed by atoms with Crippen LogP contribution in [-0.2, 0) is 18.9 Å². The fraction of sp³-hybridized carbons (Fsp3) is 0.312. The summed E-state index contributed by atoms with van der Waals surface area (Å²) in [6.07, 6.45) is 0.786. The minimum absolute atomic E-state index is 0.110. The van der Waals surface area contributed by atoms with Gasteiger partial charge in [-0.05, 0) is 17.9 Å². The van der Waals surface area contributed by atoms with Gasteiger partial charge in [-0.2, -0.15) is 0 Å². The van der Waals surface area contributed by atoms with E-state index in [2.05, 4.69) is 5.32 Å². The molecule has 0 aliphatic heterocycles. The number of carbonyl (C=O) groups is 1. The zero-order valence-electron chi connectivity index (χ0n) is 12.4. The van der Waals surface area contributed by atoms with E-state index in [0.717, 1.165) is 16.6 Å². The Morgan fingerprint density at radius 2 is 1.82 bits per heavy atom. The molecule has 1 saturated carbocycles. The van der Waals surface area contributed by atoms with Gasteiger partial charge >= 0.3 is 5.69 Å². The number of rotatable bonds is 3. The fourth-order valence-corrected chi connectivity index (χ4v) is 2.63. The Bertz CT molecular complexity index is 836. The zero-order chi connectivity index (χ0) is 15.9. The third-order valence-corrected chi connectivity index (χ3v) is 4.13. The first-order chi connectivity index (χ1) is 10.5. The van der Waals surface area contributed by atoms with Gasteiger partial charge in [0.2, 0.25) is 5.91 Å². The van der Waals surface area contributed by atoms with Crippen molar-refractivity contribution < 1.29 is 4.79 Å². The standard InChI is InChI=1S/C16H17N3O3/c1-18-13(9-14(20)19(2)16(18)22)17-15(21)12-8-11(12)10-6-4-3-5-7-10/h3-7,9,11-12H,8H2,1-2H3,(H,17,21)/t11-,12-/m0/s1. The first-order valence-electron chi connectivity index (χ1n) is 7.12. The van der Waals surface area contributed by atoms with Crippen LogP contribution < -0.4 is 16.6 Å². The van der Waals surface area contributed by atoms with Crippen molar-refractivity contribution in [1.82, 2.24) is 9.13 Å². The summed E-state index contributed by atoms with van der Waals surface area (Å²) in [6, 6.07) is 11.1. The average molecular weight is 299 g/mol. The first kappa shape index (κ1) is 14.3. The lowest BCUT2D eigenvalue weighted by Gasteiger charge is -2.10. The van der Waals surface area contributed by atoms with Crippen LogP contribution in [0.5, 0.6) is 0 Å². The van der Waals surface area contributed by atoms with Crippen molar-refractivity contribution in [2.24, 2.45) is 20.0 Å². The predicted molar refractivity (Wildman–Crippen MR) is 82.8 cm³/mol. The Hall–Kier alpha value is -2.63. The van der Waals surface area contributed by atoms with Crippen molar-refractivity contribution in [2.75, 3.05) is 5.32 Å². The number of benzene rings is 1. The molecule has 1 amide bonds. The smallest absolute Gasteiger partial charge is 0.312 e. The maximum Gasteiger partial charge on any atom is 0.332 e. The molecule has 0 radical (unpaired) electrons. The quantitative estimate of drug-likeness (QED) is 0.912. The van der Waals surface area contributed by atoms with Gasteiger partial charge in [-0.3, -0.25) is 18.7 Å². The second-order valence-electron chi connectivity index (χ2n) is 5.62. The molecular formula is C16H17N3O3. The molecule has 0 bridgehead atoms. The van der Waals surface area contributed by atoms with Gasteiger partial charge in [-0.15, -0.1) is 0 Å². The Kier molecular flexibility index (Phi) is 3.44. The molecule has 6 nitrogen and oxygen atoms in total. The minimum atomic E-state index is -0.460. The molecule has 0 unspecified atom stereocenters. The van der Waals surface area contributed by atoms with Crippen LogP contribution in [0.2, 0.25) is 0 Å². The maximum absolute atomic E-state index is 12.3. The van der Waals surface area contributed by atoms with Crippen molar-refractivity contribution in [3.8, 4) is 0 Å². The maximum atomic E-state index is 12.3.